The molecule has 7 heteroatoms. The second-order valence-electron chi connectivity index (χ2n) is 7.67. The van der Waals surface area contributed by atoms with Crippen LogP contribution in [0.2, 0.25) is 0 Å². The lowest BCUT2D eigenvalue weighted by Gasteiger charge is -2.36. The van der Waals surface area contributed by atoms with E-state index in [1.165, 1.54) is 5.69 Å². The highest BCUT2D eigenvalue weighted by atomic mass is 16.5. The van der Waals surface area contributed by atoms with Crippen molar-refractivity contribution in [2.45, 2.75) is 6.92 Å². The fourth-order valence-electron chi connectivity index (χ4n) is 4.04. The SMILES string of the molecule is COc1ccccc1N1CCN(C(=O)Nc2ccc(N3CCOCC3)cc2C)CC1. The maximum absolute atomic E-state index is 12.8. The van der Waals surface area contributed by atoms with Gasteiger partial charge in [0.05, 0.1) is 26.0 Å². The predicted octanol–water partition coefficient (Wildman–Crippen LogP) is 3.19. The molecule has 160 valence electrons. The number of carbonyl (C=O) groups excluding carboxylic acids is 1. The molecule has 0 spiro atoms. The van der Waals surface area contributed by atoms with Crippen molar-refractivity contribution in [3.63, 3.8) is 0 Å². The van der Waals surface area contributed by atoms with Crippen LogP contribution in [0, 0.1) is 6.92 Å². The van der Waals surface area contributed by atoms with E-state index in [2.05, 4.69) is 33.3 Å². The van der Waals surface area contributed by atoms with Gasteiger partial charge in [-0.1, -0.05) is 12.1 Å². The van der Waals surface area contributed by atoms with Crippen molar-refractivity contribution in [3.05, 3.63) is 48.0 Å². The summed E-state index contributed by atoms with van der Waals surface area (Å²) in [5.41, 5.74) is 4.19. The number of methoxy groups -OCH3 is 1. The van der Waals surface area contributed by atoms with Crippen LogP contribution in [0.3, 0.4) is 0 Å². The highest BCUT2D eigenvalue weighted by molar-refractivity contribution is 5.90. The van der Waals surface area contributed by atoms with Gasteiger partial charge in [-0.3, -0.25) is 0 Å². The van der Waals surface area contributed by atoms with Crippen molar-refractivity contribution in [1.29, 1.82) is 0 Å². The summed E-state index contributed by atoms with van der Waals surface area (Å²) < 4.78 is 10.9. The summed E-state index contributed by atoms with van der Waals surface area (Å²) in [6.07, 6.45) is 0. The highest BCUT2D eigenvalue weighted by Crippen LogP contribution is 2.29. The zero-order chi connectivity index (χ0) is 20.9. The third-order valence-electron chi connectivity index (χ3n) is 5.82. The van der Waals surface area contributed by atoms with Crippen LogP contribution in [0.1, 0.15) is 5.56 Å². The van der Waals surface area contributed by atoms with Gasteiger partial charge in [-0.05, 0) is 42.8 Å². The minimum absolute atomic E-state index is 0.0445. The van der Waals surface area contributed by atoms with Crippen LogP contribution in [0.15, 0.2) is 42.5 Å². The number of hydrogen-bond donors (Lipinski definition) is 1. The Balaban J connectivity index is 1.34. The van der Waals surface area contributed by atoms with Crippen molar-refractivity contribution in [2.24, 2.45) is 0 Å². The summed E-state index contributed by atoms with van der Waals surface area (Å²) in [6, 6.07) is 14.2. The number of nitrogens with zero attached hydrogens (tertiary/aromatic N) is 3. The van der Waals surface area contributed by atoms with Crippen LogP contribution >= 0.6 is 0 Å². The molecule has 7 nitrogen and oxygen atoms in total. The highest BCUT2D eigenvalue weighted by Gasteiger charge is 2.23. The summed E-state index contributed by atoms with van der Waals surface area (Å²) in [4.78, 5) is 19.3. The van der Waals surface area contributed by atoms with Gasteiger partial charge in [0.2, 0.25) is 0 Å². The average Bonchev–Trinajstić information content (AvgIpc) is 2.81. The Morgan fingerprint density at radius 2 is 1.70 bits per heavy atom. The number of nitrogens with one attached hydrogen (secondary N) is 1. The Morgan fingerprint density at radius 1 is 0.967 bits per heavy atom. The minimum atomic E-state index is -0.0445. The Kier molecular flexibility index (Phi) is 6.28. The third kappa shape index (κ3) is 4.46. The van der Waals surface area contributed by atoms with Gasteiger partial charge in [0, 0.05) is 50.6 Å². The lowest BCUT2D eigenvalue weighted by Crippen LogP contribution is -2.50. The monoisotopic (exact) mass is 410 g/mol. The number of aryl methyl sites for hydroxylation is 1. The Morgan fingerprint density at radius 3 is 2.40 bits per heavy atom. The Labute approximate surface area is 178 Å². The molecule has 2 heterocycles. The van der Waals surface area contributed by atoms with E-state index in [1.54, 1.807) is 7.11 Å². The van der Waals surface area contributed by atoms with Crippen LogP contribution in [0.4, 0.5) is 21.9 Å². The van der Waals surface area contributed by atoms with Crippen molar-refractivity contribution in [3.8, 4) is 5.75 Å². The first-order valence-corrected chi connectivity index (χ1v) is 10.5. The number of para-hydroxylation sites is 2. The molecule has 30 heavy (non-hydrogen) atoms. The second kappa shape index (κ2) is 9.26. The zero-order valence-corrected chi connectivity index (χ0v) is 17.8. The number of ether oxygens (including phenoxy) is 2. The molecule has 2 fully saturated rings. The molecular weight excluding hydrogens is 380 g/mol. The van der Waals surface area contributed by atoms with Crippen molar-refractivity contribution in [1.82, 2.24) is 4.90 Å². The molecule has 0 aromatic heterocycles. The van der Waals surface area contributed by atoms with Gasteiger partial charge in [0.15, 0.2) is 0 Å². The largest absolute Gasteiger partial charge is 0.495 e. The topological polar surface area (TPSA) is 57.3 Å². The summed E-state index contributed by atoms with van der Waals surface area (Å²) in [7, 11) is 1.69. The van der Waals surface area contributed by atoms with Gasteiger partial charge >= 0.3 is 6.03 Å². The van der Waals surface area contributed by atoms with Gasteiger partial charge in [-0.2, -0.15) is 0 Å². The van der Waals surface area contributed by atoms with Gasteiger partial charge < -0.3 is 29.5 Å². The first-order valence-electron chi connectivity index (χ1n) is 10.5. The van der Waals surface area contributed by atoms with Crippen LogP contribution in [-0.2, 0) is 4.74 Å². The molecule has 2 amide bonds. The number of hydrogen-bond acceptors (Lipinski definition) is 5. The van der Waals surface area contributed by atoms with Crippen molar-refractivity contribution in [2.75, 3.05) is 74.7 Å². The van der Waals surface area contributed by atoms with E-state index in [0.717, 1.165) is 62.1 Å². The second-order valence-corrected chi connectivity index (χ2v) is 7.67. The Bertz CT molecular complexity index is 875. The molecule has 2 saturated heterocycles. The number of piperazine rings is 1. The first kappa shape index (κ1) is 20.3. The molecule has 2 aromatic carbocycles. The van der Waals surface area contributed by atoms with E-state index in [9.17, 15) is 4.79 Å². The number of carbonyl (C=O) groups is 1. The maximum atomic E-state index is 12.8. The molecule has 0 radical (unpaired) electrons. The van der Waals surface area contributed by atoms with Crippen LogP contribution in [-0.4, -0.2) is 70.5 Å². The number of rotatable bonds is 4. The average molecular weight is 411 g/mol. The minimum Gasteiger partial charge on any atom is -0.495 e. The molecule has 2 aromatic rings. The summed E-state index contributed by atoms with van der Waals surface area (Å²) >= 11 is 0. The first-order chi connectivity index (χ1) is 14.7. The van der Waals surface area contributed by atoms with Crippen LogP contribution in [0.5, 0.6) is 5.75 Å². The molecule has 0 unspecified atom stereocenters. The summed E-state index contributed by atoms with van der Waals surface area (Å²) in [5, 5.41) is 3.09. The Hall–Kier alpha value is -2.93. The van der Waals surface area contributed by atoms with E-state index in [4.69, 9.17) is 9.47 Å². The van der Waals surface area contributed by atoms with E-state index < -0.39 is 0 Å². The zero-order valence-electron chi connectivity index (χ0n) is 17.8. The van der Waals surface area contributed by atoms with Gasteiger partial charge in [-0.15, -0.1) is 0 Å². The van der Waals surface area contributed by atoms with Crippen LogP contribution < -0.4 is 19.9 Å². The molecular formula is C23H30N4O3. The maximum Gasteiger partial charge on any atom is 0.321 e. The predicted molar refractivity (Wildman–Crippen MR) is 120 cm³/mol. The number of urea groups is 1. The standard InChI is InChI=1S/C23H30N4O3/c1-18-17-19(25-13-15-30-16-14-25)7-8-20(18)24-23(28)27-11-9-26(10-12-27)21-5-3-4-6-22(21)29-2/h3-8,17H,9-16H2,1-2H3,(H,24,28). The fourth-order valence-corrected chi connectivity index (χ4v) is 4.04. The fraction of sp³-hybridized carbons (Fsp3) is 0.435. The molecule has 0 aliphatic carbocycles. The molecule has 2 aliphatic rings. The van der Waals surface area contributed by atoms with E-state index >= 15 is 0 Å². The van der Waals surface area contributed by atoms with Gasteiger partial charge in [-0.25, -0.2) is 4.79 Å². The van der Waals surface area contributed by atoms with Crippen LogP contribution in [0.25, 0.3) is 0 Å². The lowest BCUT2D eigenvalue weighted by molar-refractivity contribution is 0.122. The number of benzene rings is 2. The van der Waals surface area contributed by atoms with E-state index in [1.807, 2.05) is 36.1 Å². The lowest BCUT2D eigenvalue weighted by atomic mass is 10.1. The van der Waals surface area contributed by atoms with Gasteiger partial charge in [0.1, 0.15) is 5.75 Å². The van der Waals surface area contributed by atoms with Crippen molar-refractivity contribution >= 4 is 23.1 Å². The smallest absolute Gasteiger partial charge is 0.321 e. The normalized spacial score (nSPS) is 17.1. The molecule has 2 aliphatic heterocycles. The van der Waals surface area contributed by atoms with E-state index in [0.29, 0.717) is 13.1 Å². The molecule has 0 atom stereocenters. The number of anilines is 3. The molecule has 1 N–H and O–H groups in total. The molecule has 0 bridgehead atoms. The molecule has 0 saturated carbocycles. The summed E-state index contributed by atoms with van der Waals surface area (Å²) in [5.74, 6) is 0.867. The third-order valence-corrected chi connectivity index (χ3v) is 5.82. The van der Waals surface area contributed by atoms with E-state index in [-0.39, 0.29) is 6.03 Å². The molecule has 4 rings (SSSR count). The summed E-state index contributed by atoms with van der Waals surface area (Å²) in [6.45, 7) is 8.29. The van der Waals surface area contributed by atoms with Gasteiger partial charge in [0.25, 0.3) is 0 Å². The number of amides is 2. The number of morpholine rings is 1. The van der Waals surface area contributed by atoms with Crippen molar-refractivity contribution < 1.29 is 14.3 Å². The quantitative estimate of drug-likeness (QED) is 0.839.